The van der Waals surface area contributed by atoms with Crippen molar-refractivity contribution in [1.29, 1.82) is 0 Å². The topological polar surface area (TPSA) is 86.7 Å². The number of thiophene rings is 1. The standard InChI is InChI=1S/C30H35N5O3S/c1-16-13-17(2)32-24(25(16)34(6)27(36)18-8-11-33(5)12-9-18)20-7-10-31-21-14-19(39-26(20)21)15-35-28(37)22-23(29(35)38)30(22,3)4/h7,10,13-14,18,22-23H,8-9,11-12,15H2,1-6H3. The normalized spacial score (nSPS) is 23.0. The molecule has 8 nitrogen and oxygen atoms in total. The number of imide groups is 1. The largest absolute Gasteiger partial charge is 0.313 e. The summed E-state index contributed by atoms with van der Waals surface area (Å²) in [4.78, 5) is 55.4. The Labute approximate surface area is 233 Å². The van der Waals surface area contributed by atoms with Crippen LogP contribution in [0.2, 0.25) is 0 Å². The molecule has 0 N–H and O–H groups in total. The smallest absolute Gasteiger partial charge is 0.234 e. The number of hydrogen-bond acceptors (Lipinski definition) is 7. The number of anilines is 1. The van der Waals surface area contributed by atoms with Gasteiger partial charge in [-0.2, -0.15) is 0 Å². The van der Waals surface area contributed by atoms with Gasteiger partial charge in [0.05, 0.1) is 40.0 Å². The molecule has 3 amide bonds. The Bertz CT molecular complexity index is 1500. The number of aryl methyl sites for hydroxylation is 2. The molecule has 3 aromatic heterocycles. The van der Waals surface area contributed by atoms with Crippen LogP contribution in [0.4, 0.5) is 5.69 Å². The van der Waals surface area contributed by atoms with Crippen LogP contribution in [0.15, 0.2) is 24.4 Å². The average Bonchev–Trinajstić information content (AvgIpc) is 3.13. The van der Waals surface area contributed by atoms with Crippen molar-refractivity contribution < 1.29 is 14.4 Å². The molecule has 2 atom stereocenters. The number of nitrogens with zero attached hydrogens (tertiary/aromatic N) is 5. The van der Waals surface area contributed by atoms with Crippen LogP contribution in [0.25, 0.3) is 21.5 Å². The van der Waals surface area contributed by atoms with E-state index in [1.165, 1.54) is 16.2 Å². The summed E-state index contributed by atoms with van der Waals surface area (Å²) in [5.74, 6) is -0.374. The van der Waals surface area contributed by atoms with Gasteiger partial charge in [-0.3, -0.25) is 29.3 Å². The van der Waals surface area contributed by atoms with E-state index in [9.17, 15) is 14.4 Å². The summed E-state index contributed by atoms with van der Waals surface area (Å²) in [6, 6.07) is 5.94. The van der Waals surface area contributed by atoms with Gasteiger partial charge >= 0.3 is 0 Å². The highest BCUT2D eigenvalue weighted by Crippen LogP contribution is 2.63. The third-order valence-electron chi connectivity index (χ3n) is 8.97. The molecule has 1 aliphatic carbocycles. The second kappa shape index (κ2) is 9.20. The van der Waals surface area contributed by atoms with Gasteiger partial charge in [-0.05, 0) is 76.0 Å². The number of fused-ring (bicyclic) bond motifs is 2. The minimum Gasteiger partial charge on any atom is -0.313 e. The summed E-state index contributed by atoms with van der Waals surface area (Å²) >= 11 is 1.54. The SMILES string of the molecule is Cc1cc(C)c(N(C)C(=O)C2CCN(C)CC2)c(-c2ccnc3cc(CN4C(=O)C5C(C4=O)C5(C)C)sc23)n1. The Hall–Kier alpha value is -3.17. The van der Waals surface area contributed by atoms with E-state index in [1.54, 1.807) is 11.1 Å². The van der Waals surface area contributed by atoms with Crippen molar-refractivity contribution in [2.75, 3.05) is 32.1 Å². The Kier molecular flexibility index (Phi) is 6.15. The Morgan fingerprint density at radius 3 is 2.46 bits per heavy atom. The van der Waals surface area contributed by atoms with Crippen LogP contribution >= 0.6 is 11.3 Å². The van der Waals surface area contributed by atoms with Crippen LogP contribution in [-0.2, 0) is 20.9 Å². The highest BCUT2D eigenvalue weighted by Gasteiger charge is 2.72. The van der Waals surface area contributed by atoms with Crippen molar-refractivity contribution in [3.8, 4) is 11.3 Å². The number of carbonyl (C=O) groups is 3. The van der Waals surface area contributed by atoms with Gasteiger partial charge in [0.2, 0.25) is 17.7 Å². The monoisotopic (exact) mass is 545 g/mol. The van der Waals surface area contributed by atoms with Crippen molar-refractivity contribution in [3.63, 3.8) is 0 Å². The number of rotatable bonds is 5. The molecule has 5 heterocycles. The Morgan fingerprint density at radius 2 is 1.79 bits per heavy atom. The van der Waals surface area contributed by atoms with E-state index >= 15 is 0 Å². The van der Waals surface area contributed by atoms with Gasteiger partial charge in [0.15, 0.2) is 0 Å². The molecule has 2 unspecified atom stereocenters. The third-order valence-corrected chi connectivity index (χ3v) is 10.1. The van der Waals surface area contributed by atoms with Crippen LogP contribution in [0.1, 0.15) is 42.8 Å². The highest BCUT2D eigenvalue weighted by atomic mass is 32.1. The molecule has 0 bridgehead atoms. The minimum atomic E-state index is -0.221. The van der Waals surface area contributed by atoms with Crippen LogP contribution in [0.3, 0.4) is 0 Å². The van der Waals surface area contributed by atoms with Crippen LogP contribution in [-0.4, -0.2) is 64.7 Å². The van der Waals surface area contributed by atoms with E-state index in [-0.39, 0.29) is 47.4 Å². The number of carbonyl (C=O) groups excluding carboxylic acids is 3. The van der Waals surface area contributed by atoms with E-state index in [4.69, 9.17) is 4.98 Å². The zero-order valence-corrected chi connectivity index (χ0v) is 24.3. The van der Waals surface area contributed by atoms with Crippen molar-refractivity contribution in [2.45, 2.75) is 47.1 Å². The number of aromatic nitrogens is 2. The first kappa shape index (κ1) is 26.1. The van der Waals surface area contributed by atoms with E-state index in [2.05, 4.69) is 16.9 Å². The summed E-state index contributed by atoms with van der Waals surface area (Å²) < 4.78 is 0.941. The van der Waals surface area contributed by atoms with Gasteiger partial charge in [0, 0.05) is 35.3 Å². The molecular weight excluding hydrogens is 510 g/mol. The minimum absolute atomic E-state index is 0.00252. The van der Waals surface area contributed by atoms with E-state index in [0.29, 0.717) is 0 Å². The average molecular weight is 546 g/mol. The molecular formula is C30H35N5O3S. The van der Waals surface area contributed by atoms with E-state index < -0.39 is 0 Å². The molecule has 3 aromatic rings. The molecule has 2 saturated heterocycles. The number of piperidine rings is 2. The van der Waals surface area contributed by atoms with Crippen molar-refractivity contribution in [3.05, 3.63) is 40.5 Å². The lowest BCUT2D eigenvalue weighted by Crippen LogP contribution is -2.40. The fourth-order valence-electron chi connectivity index (χ4n) is 6.65. The highest BCUT2D eigenvalue weighted by molar-refractivity contribution is 7.19. The van der Waals surface area contributed by atoms with Gasteiger partial charge in [0.1, 0.15) is 0 Å². The summed E-state index contributed by atoms with van der Waals surface area (Å²) in [5, 5.41) is 0. The van der Waals surface area contributed by atoms with Gasteiger partial charge in [-0.1, -0.05) is 13.8 Å². The fraction of sp³-hybridized carbons (Fsp3) is 0.500. The third kappa shape index (κ3) is 4.17. The van der Waals surface area contributed by atoms with Gasteiger partial charge in [0.25, 0.3) is 0 Å². The summed E-state index contributed by atoms with van der Waals surface area (Å²) in [5.41, 5.74) is 4.94. The number of pyridine rings is 2. The summed E-state index contributed by atoms with van der Waals surface area (Å²) in [6.45, 7) is 10.1. The molecule has 0 aromatic carbocycles. The van der Waals surface area contributed by atoms with Gasteiger partial charge in [-0.25, -0.2) is 0 Å². The molecule has 39 heavy (non-hydrogen) atoms. The maximum Gasteiger partial charge on any atom is 0.234 e. The Balaban J connectivity index is 1.35. The van der Waals surface area contributed by atoms with Crippen LogP contribution in [0.5, 0.6) is 0 Å². The molecule has 6 rings (SSSR count). The summed E-state index contributed by atoms with van der Waals surface area (Å²) in [6.07, 6.45) is 3.47. The van der Waals surface area contributed by atoms with Crippen LogP contribution in [0, 0.1) is 37.0 Å². The maximum absolute atomic E-state index is 13.6. The number of amides is 3. The molecule has 0 spiro atoms. The predicted molar refractivity (Wildman–Crippen MR) is 152 cm³/mol. The molecule has 204 valence electrons. The van der Waals surface area contributed by atoms with Gasteiger partial charge < -0.3 is 9.80 Å². The molecule has 9 heteroatoms. The zero-order valence-electron chi connectivity index (χ0n) is 23.4. The first-order valence-electron chi connectivity index (χ1n) is 13.7. The number of likely N-dealkylation sites (tertiary alicyclic amines) is 2. The lowest BCUT2D eigenvalue weighted by Gasteiger charge is -2.32. The van der Waals surface area contributed by atoms with E-state index in [0.717, 1.165) is 69.2 Å². The molecule has 0 radical (unpaired) electrons. The Morgan fingerprint density at radius 1 is 1.13 bits per heavy atom. The molecule has 1 saturated carbocycles. The lowest BCUT2D eigenvalue weighted by molar-refractivity contribution is -0.143. The second-order valence-corrected chi connectivity index (χ2v) is 13.2. The van der Waals surface area contributed by atoms with Gasteiger partial charge in [-0.15, -0.1) is 11.3 Å². The van der Waals surface area contributed by atoms with Crippen molar-refractivity contribution in [1.82, 2.24) is 19.8 Å². The first-order chi connectivity index (χ1) is 18.5. The van der Waals surface area contributed by atoms with E-state index in [1.807, 2.05) is 52.9 Å². The maximum atomic E-state index is 13.6. The van der Waals surface area contributed by atoms with Crippen molar-refractivity contribution in [2.24, 2.45) is 23.2 Å². The second-order valence-electron chi connectivity index (χ2n) is 12.1. The zero-order chi connectivity index (χ0) is 27.8. The number of hydrogen-bond donors (Lipinski definition) is 0. The molecule has 3 fully saturated rings. The first-order valence-corrected chi connectivity index (χ1v) is 14.5. The molecule has 3 aliphatic rings. The lowest BCUT2D eigenvalue weighted by atomic mass is 9.95. The van der Waals surface area contributed by atoms with Crippen LogP contribution < -0.4 is 4.90 Å². The predicted octanol–water partition coefficient (Wildman–Crippen LogP) is 4.42. The van der Waals surface area contributed by atoms with Crippen molar-refractivity contribution >= 4 is 45.0 Å². The molecule has 2 aliphatic heterocycles. The fourth-order valence-corrected chi connectivity index (χ4v) is 7.77. The quantitative estimate of drug-likeness (QED) is 0.441. The summed E-state index contributed by atoms with van der Waals surface area (Å²) in [7, 11) is 3.96.